The highest BCUT2D eigenvalue weighted by molar-refractivity contribution is 5.83. The van der Waals surface area contributed by atoms with Crippen molar-refractivity contribution in [2.75, 3.05) is 0 Å². The topological polar surface area (TPSA) is 106 Å². The average molecular weight is 413 g/mol. The fourth-order valence-corrected chi connectivity index (χ4v) is 3.14. The summed E-state index contributed by atoms with van der Waals surface area (Å²) >= 11 is 0. The van der Waals surface area contributed by atoms with Crippen molar-refractivity contribution < 1.29 is 19.5 Å². The molecule has 0 atom stereocenters. The summed E-state index contributed by atoms with van der Waals surface area (Å²) in [5, 5.41) is 11.5. The van der Waals surface area contributed by atoms with Crippen LogP contribution in [0.25, 0.3) is 10.9 Å². The second-order valence-electron chi connectivity index (χ2n) is 8.63. The normalized spacial score (nSPS) is 11.8. The molecule has 0 aliphatic heterocycles. The number of hydrogen-bond donors (Lipinski definition) is 2. The first kappa shape index (κ1) is 21.4. The average Bonchev–Trinajstić information content (AvgIpc) is 3.04. The van der Waals surface area contributed by atoms with Gasteiger partial charge >= 0.3 is 11.7 Å². The number of fused-ring (bicyclic) bond motifs is 1. The third-order valence-electron chi connectivity index (χ3n) is 4.38. The zero-order valence-electron chi connectivity index (χ0n) is 17.9. The maximum atomic E-state index is 12.8. The number of para-hydroxylation sites is 1. The van der Waals surface area contributed by atoms with Gasteiger partial charge in [0.1, 0.15) is 17.0 Å². The van der Waals surface area contributed by atoms with Crippen LogP contribution in [-0.2, 0) is 17.6 Å². The molecule has 1 aromatic carbocycles. The van der Waals surface area contributed by atoms with Crippen LogP contribution in [0.2, 0.25) is 0 Å². The summed E-state index contributed by atoms with van der Waals surface area (Å²) < 4.78 is 11.0. The summed E-state index contributed by atoms with van der Waals surface area (Å²) in [6.07, 6.45) is 1.31. The van der Waals surface area contributed by atoms with Gasteiger partial charge in [0.25, 0.3) is 0 Å². The van der Waals surface area contributed by atoms with Crippen molar-refractivity contribution in [2.24, 2.45) is 5.92 Å². The van der Waals surface area contributed by atoms with Gasteiger partial charge in [-0.3, -0.25) is 4.79 Å². The maximum Gasteiger partial charge on any atom is 0.515 e. The zero-order chi connectivity index (χ0) is 22.1. The van der Waals surface area contributed by atoms with E-state index >= 15 is 0 Å². The Morgan fingerprint density at radius 2 is 1.97 bits per heavy atom. The highest BCUT2D eigenvalue weighted by atomic mass is 16.7. The van der Waals surface area contributed by atoms with E-state index in [0.29, 0.717) is 11.2 Å². The molecule has 0 aliphatic carbocycles. The SMILES string of the molecule is CC(C)Cc1c(OC(=O)OC(C)(C)C)nc(Cc2c[nH]c3ccccc23)c(=O)n1O. The molecule has 0 radical (unpaired) electrons. The number of rotatable bonds is 5. The van der Waals surface area contributed by atoms with E-state index in [0.717, 1.165) is 16.5 Å². The van der Waals surface area contributed by atoms with Crippen molar-refractivity contribution in [1.29, 1.82) is 0 Å². The predicted octanol–water partition coefficient (Wildman–Crippen LogP) is 4.07. The van der Waals surface area contributed by atoms with Crippen LogP contribution in [-0.4, -0.2) is 31.7 Å². The second kappa shape index (κ2) is 8.22. The number of benzene rings is 1. The Labute approximate surface area is 174 Å². The summed E-state index contributed by atoms with van der Waals surface area (Å²) in [7, 11) is 0. The lowest BCUT2D eigenvalue weighted by Crippen LogP contribution is -2.31. The van der Waals surface area contributed by atoms with Gasteiger partial charge in [-0.15, -0.1) is 4.73 Å². The molecule has 0 aliphatic rings. The van der Waals surface area contributed by atoms with E-state index in [4.69, 9.17) is 9.47 Å². The minimum absolute atomic E-state index is 0.0633. The van der Waals surface area contributed by atoms with E-state index < -0.39 is 17.3 Å². The molecule has 160 valence electrons. The summed E-state index contributed by atoms with van der Waals surface area (Å²) in [6.45, 7) is 8.98. The van der Waals surface area contributed by atoms with Crippen LogP contribution >= 0.6 is 0 Å². The third-order valence-corrected chi connectivity index (χ3v) is 4.38. The van der Waals surface area contributed by atoms with Crippen molar-refractivity contribution >= 4 is 17.1 Å². The molecule has 0 saturated heterocycles. The molecule has 2 N–H and O–H groups in total. The van der Waals surface area contributed by atoms with Crippen LogP contribution in [0.4, 0.5) is 4.79 Å². The molecule has 0 spiro atoms. The van der Waals surface area contributed by atoms with Gasteiger partial charge in [-0.05, 0) is 44.7 Å². The van der Waals surface area contributed by atoms with E-state index in [1.807, 2.05) is 38.1 Å². The minimum atomic E-state index is -0.948. The van der Waals surface area contributed by atoms with Gasteiger partial charge in [-0.25, -0.2) is 9.78 Å². The number of carbonyl (C=O) groups excluding carboxylic acids is 1. The van der Waals surface area contributed by atoms with Crippen LogP contribution in [0, 0.1) is 5.92 Å². The van der Waals surface area contributed by atoms with Crippen LogP contribution in [0.3, 0.4) is 0 Å². The van der Waals surface area contributed by atoms with Crippen molar-refractivity contribution in [1.82, 2.24) is 14.7 Å². The quantitative estimate of drug-likeness (QED) is 0.482. The van der Waals surface area contributed by atoms with Crippen LogP contribution in [0.1, 0.15) is 51.6 Å². The molecule has 0 bridgehead atoms. The van der Waals surface area contributed by atoms with E-state index in [2.05, 4.69) is 9.97 Å². The Kier molecular flexibility index (Phi) is 5.87. The number of aromatic nitrogens is 3. The monoisotopic (exact) mass is 413 g/mol. The smallest absolute Gasteiger partial charge is 0.428 e. The molecule has 0 fully saturated rings. The molecule has 2 heterocycles. The Morgan fingerprint density at radius 1 is 1.27 bits per heavy atom. The highest BCUT2D eigenvalue weighted by Crippen LogP contribution is 2.23. The van der Waals surface area contributed by atoms with Gasteiger partial charge in [0.05, 0.1) is 0 Å². The lowest BCUT2D eigenvalue weighted by atomic mass is 10.1. The predicted molar refractivity (Wildman–Crippen MR) is 112 cm³/mol. The number of nitrogens with zero attached hydrogens (tertiary/aromatic N) is 2. The highest BCUT2D eigenvalue weighted by Gasteiger charge is 2.24. The second-order valence-corrected chi connectivity index (χ2v) is 8.63. The molecule has 0 saturated carbocycles. The van der Waals surface area contributed by atoms with E-state index in [-0.39, 0.29) is 29.6 Å². The Hall–Kier alpha value is -3.29. The van der Waals surface area contributed by atoms with Crippen molar-refractivity contribution in [3.05, 3.63) is 57.8 Å². The van der Waals surface area contributed by atoms with Crippen molar-refractivity contribution in [3.63, 3.8) is 0 Å². The number of aromatic amines is 1. The van der Waals surface area contributed by atoms with E-state index in [9.17, 15) is 14.8 Å². The summed E-state index contributed by atoms with van der Waals surface area (Å²) in [5.41, 5.74) is 0.563. The first-order chi connectivity index (χ1) is 14.0. The van der Waals surface area contributed by atoms with Gasteiger partial charge in [0, 0.05) is 23.5 Å². The molecule has 0 unspecified atom stereocenters. The van der Waals surface area contributed by atoms with E-state index in [1.165, 1.54) is 0 Å². The number of hydrogen-bond acceptors (Lipinski definition) is 6. The molecule has 30 heavy (non-hydrogen) atoms. The number of ether oxygens (including phenoxy) is 2. The maximum absolute atomic E-state index is 12.8. The van der Waals surface area contributed by atoms with Crippen molar-refractivity contribution in [2.45, 2.75) is 53.1 Å². The lowest BCUT2D eigenvalue weighted by Gasteiger charge is -2.20. The fourth-order valence-electron chi connectivity index (χ4n) is 3.14. The molecule has 8 heteroatoms. The summed E-state index contributed by atoms with van der Waals surface area (Å²) in [6, 6.07) is 7.68. The summed E-state index contributed by atoms with van der Waals surface area (Å²) in [5.74, 6) is -0.0417. The van der Waals surface area contributed by atoms with E-state index in [1.54, 1.807) is 27.0 Å². The Morgan fingerprint density at radius 3 is 2.63 bits per heavy atom. The number of carbonyl (C=O) groups is 1. The molecular weight excluding hydrogens is 386 g/mol. The molecule has 3 rings (SSSR count). The Balaban J connectivity index is 2.02. The zero-order valence-corrected chi connectivity index (χ0v) is 17.9. The lowest BCUT2D eigenvalue weighted by molar-refractivity contribution is 0.0185. The first-order valence-corrected chi connectivity index (χ1v) is 9.85. The molecule has 2 aromatic heterocycles. The standard InChI is InChI=1S/C22H27N3O5/c1-13(2)10-18-19(29-21(27)30-22(3,4)5)24-17(20(26)25(18)28)11-14-12-23-16-9-7-6-8-15(14)16/h6-9,12-13,23,28H,10-11H2,1-5H3. The van der Waals surface area contributed by atoms with Gasteiger partial charge < -0.3 is 19.7 Å². The van der Waals surface area contributed by atoms with Gasteiger partial charge in [-0.2, -0.15) is 0 Å². The first-order valence-electron chi connectivity index (χ1n) is 9.85. The largest absolute Gasteiger partial charge is 0.515 e. The number of nitrogens with one attached hydrogen (secondary N) is 1. The van der Waals surface area contributed by atoms with Crippen LogP contribution in [0.5, 0.6) is 5.88 Å². The Bertz CT molecular complexity index is 1120. The number of H-pyrrole nitrogens is 1. The molecule has 0 amide bonds. The fraction of sp³-hybridized carbons (Fsp3) is 0.409. The van der Waals surface area contributed by atoms with Gasteiger partial charge in [0.2, 0.25) is 5.88 Å². The van der Waals surface area contributed by atoms with Gasteiger partial charge in [0.15, 0.2) is 0 Å². The molecular formula is C22H27N3O5. The molecule has 8 nitrogen and oxygen atoms in total. The third kappa shape index (κ3) is 4.82. The van der Waals surface area contributed by atoms with Gasteiger partial charge in [-0.1, -0.05) is 32.0 Å². The summed E-state index contributed by atoms with van der Waals surface area (Å²) in [4.78, 5) is 32.4. The van der Waals surface area contributed by atoms with Crippen molar-refractivity contribution in [3.8, 4) is 5.88 Å². The molecule has 3 aromatic rings. The van der Waals surface area contributed by atoms with Crippen LogP contribution < -0.4 is 10.3 Å². The minimum Gasteiger partial charge on any atom is -0.428 e. The van der Waals surface area contributed by atoms with Crippen LogP contribution in [0.15, 0.2) is 35.3 Å².